The monoisotopic (exact) mass is 377 g/mol. The summed E-state index contributed by atoms with van der Waals surface area (Å²) in [7, 11) is 3.01. The van der Waals surface area contributed by atoms with Crippen LogP contribution in [0.15, 0.2) is 24.3 Å². The van der Waals surface area contributed by atoms with Gasteiger partial charge in [-0.1, -0.05) is 20.3 Å². The predicted molar refractivity (Wildman–Crippen MR) is 105 cm³/mol. The second kappa shape index (κ2) is 10.2. The highest BCUT2D eigenvalue weighted by atomic mass is 16.5. The molecule has 1 saturated heterocycles. The molecule has 150 valence electrons. The minimum absolute atomic E-state index is 0.0355. The molecule has 1 amide bonds. The Hall–Kier alpha value is -2.28. The van der Waals surface area contributed by atoms with Crippen LogP contribution in [0.1, 0.15) is 20.3 Å². The summed E-state index contributed by atoms with van der Waals surface area (Å²) >= 11 is 0. The Morgan fingerprint density at radius 2 is 1.74 bits per heavy atom. The van der Waals surface area contributed by atoms with E-state index < -0.39 is 6.04 Å². The number of nitrogens with zero attached hydrogens (tertiary/aromatic N) is 2. The van der Waals surface area contributed by atoms with Crippen LogP contribution in [-0.4, -0.2) is 69.8 Å². The number of hydrogen-bond acceptors (Lipinski definition) is 6. The van der Waals surface area contributed by atoms with Crippen LogP contribution < -0.4 is 15.0 Å². The van der Waals surface area contributed by atoms with E-state index in [4.69, 9.17) is 9.47 Å². The second-order valence-electron chi connectivity index (χ2n) is 6.92. The highest BCUT2D eigenvalue weighted by Gasteiger charge is 2.27. The molecule has 27 heavy (non-hydrogen) atoms. The first-order valence-corrected chi connectivity index (χ1v) is 9.47. The average Bonchev–Trinajstić information content (AvgIpc) is 2.71. The molecule has 1 aromatic rings. The van der Waals surface area contributed by atoms with Crippen LogP contribution in [0.3, 0.4) is 0 Å². The lowest BCUT2D eigenvalue weighted by Crippen LogP contribution is -2.52. The normalized spacial score (nSPS) is 17.1. The van der Waals surface area contributed by atoms with E-state index in [2.05, 4.69) is 15.1 Å². The van der Waals surface area contributed by atoms with Crippen molar-refractivity contribution in [2.45, 2.75) is 26.3 Å². The number of benzene rings is 1. The quantitative estimate of drug-likeness (QED) is 0.693. The molecule has 1 aromatic carbocycles. The third-order valence-corrected chi connectivity index (χ3v) is 5.16. The number of anilines is 1. The van der Waals surface area contributed by atoms with Gasteiger partial charge in [0.1, 0.15) is 11.8 Å². The highest BCUT2D eigenvalue weighted by molar-refractivity contribution is 5.85. The minimum atomic E-state index is -0.590. The van der Waals surface area contributed by atoms with Gasteiger partial charge in [-0.15, -0.1) is 0 Å². The molecular weight excluding hydrogens is 346 g/mol. The van der Waals surface area contributed by atoms with Crippen molar-refractivity contribution in [3.8, 4) is 5.75 Å². The predicted octanol–water partition coefficient (Wildman–Crippen LogP) is 1.52. The van der Waals surface area contributed by atoms with E-state index in [9.17, 15) is 9.59 Å². The van der Waals surface area contributed by atoms with Crippen molar-refractivity contribution in [2.24, 2.45) is 5.92 Å². The summed E-state index contributed by atoms with van der Waals surface area (Å²) in [4.78, 5) is 28.7. The van der Waals surface area contributed by atoms with Crippen molar-refractivity contribution in [1.29, 1.82) is 0 Å². The number of carbonyl (C=O) groups is 2. The fourth-order valence-electron chi connectivity index (χ4n) is 3.18. The maximum absolute atomic E-state index is 12.4. The van der Waals surface area contributed by atoms with Crippen molar-refractivity contribution >= 4 is 17.6 Å². The molecule has 0 bridgehead atoms. The number of esters is 1. The summed E-state index contributed by atoms with van der Waals surface area (Å²) in [5.41, 5.74) is 1.16. The first-order chi connectivity index (χ1) is 13.0. The lowest BCUT2D eigenvalue weighted by atomic mass is 9.99. The fraction of sp³-hybridized carbons (Fsp3) is 0.600. The van der Waals surface area contributed by atoms with Gasteiger partial charge >= 0.3 is 5.97 Å². The molecule has 2 rings (SSSR count). The van der Waals surface area contributed by atoms with Crippen LogP contribution in [0, 0.1) is 5.92 Å². The fourth-order valence-corrected chi connectivity index (χ4v) is 3.18. The number of amides is 1. The summed E-state index contributed by atoms with van der Waals surface area (Å²) < 4.78 is 10.0. The average molecular weight is 377 g/mol. The Morgan fingerprint density at radius 3 is 2.26 bits per heavy atom. The molecule has 0 aromatic heterocycles. The number of piperazine rings is 1. The van der Waals surface area contributed by atoms with E-state index in [0.29, 0.717) is 6.54 Å². The largest absolute Gasteiger partial charge is 0.497 e. The summed E-state index contributed by atoms with van der Waals surface area (Å²) in [6, 6.07) is 7.42. The number of rotatable bonds is 8. The first-order valence-electron chi connectivity index (χ1n) is 9.47. The Balaban J connectivity index is 1.83. The van der Waals surface area contributed by atoms with Gasteiger partial charge in [-0.05, 0) is 30.2 Å². The zero-order chi connectivity index (χ0) is 19.8. The van der Waals surface area contributed by atoms with E-state index in [-0.39, 0.29) is 17.8 Å². The molecular formula is C20H31N3O4. The van der Waals surface area contributed by atoms with Crippen LogP contribution in [0.4, 0.5) is 5.69 Å². The molecule has 7 nitrogen and oxygen atoms in total. The topological polar surface area (TPSA) is 71.1 Å². The van der Waals surface area contributed by atoms with E-state index in [1.807, 2.05) is 38.1 Å². The Bertz CT molecular complexity index is 612. The van der Waals surface area contributed by atoms with Gasteiger partial charge in [-0.2, -0.15) is 0 Å². The third kappa shape index (κ3) is 5.85. The van der Waals surface area contributed by atoms with Crippen LogP contribution in [0.5, 0.6) is 5.75 Å². The first kappa shape index (κ1) is 21.0. The smallest absolute Gasteiger partial charge is 0.328 e. The van der Waals surface area contributed by atoms with E-state index >= 15 is 0 Å². The molecule has 1 N–H and O–H groups in total. The molecule has 0 aliphatic carbocycles. The summed E-state index contributed by atoms with van der Waals surface area (Å²) in [5, 5.41) is 2.84. The molecule has 1 fully saturated rings. The number of carbonyl (C=O) groups excluding carboxylic acids is 2. The van der Waals surface area contributed by atoms with E-state index in [0.717, 1.165) is 44.0 Å². The molecule has 7 heteroatoms. The van der Waals surface area contributed by atoms with Gasteiger partial charge in [0, 0.05) is 31.9 Å². The third-order valence-electron chi connectivity index (χ3n) is 5.16. The maximum atomic E-state index is 12.4. The van der Waals surface area contributed by atoms with Crippen molar-refractivity contribution in [3.63, 3.8) is 0 Å². The molecule has 1 aliphatic rings. The van der Waals surface area contributed by atoms with Gasteiger partial charge < -0.3 is 19.7 Å². The molecule has 0 spiro atoms. The minimum Gasteiger partial charge on any atom is -0.497 e. The summed E-state index contributed by atoms with van der Waals surface area (Å²) in [5.74, 6) is 0.356. The zero-order valence-corrected chi connectivity index (χ0v) is 16.7. The number of ether oxygens (including phenoxy) is 2. The lowest BCUT2D eigenvalue weighted by molar-refractivity contribution is -0.146. The van der Waals surface area contributed by atoms with Gasteiger partial charge in [-0.3, -0.25) is 9.69 Å². The van der Waals surface area contributed by atoms with Crippen molar-refractivity contribution < 1.29 is 19.1 Å². The molecule has 0 radical (unpaired) electrons. The van der Waals surface area contributed by atoms with Gasteiger partial charge in [0.2, 0.25) is 5.91 Å². The van der Waals surface area contributed by atoms with Crippen molar-refractivity contribution in [3.05, 3.63) is 24.3 Å². The molecule has 1 heterocycles. The second-order valence-corrected chi connectivity index (χ2v) is 6.92. The SMILES string of the molecule is CC[C@H](C)[C@@H](NC(=O)CN1CCN(c2ccc(OC)cc2)CC1)C(=O)OC. The molecule has 2 atom stereocenters. The Labute approximate surface area is 161 Å². The number of hydrogen-bond donors (Lipinski definition) is 1. The van der Waals surface area contributed by atoms with Crippen LogP contribution >= 0.6 is 0 Å². The van der Waals surface area contributed by atoms with Gasteiger partial charge in [-0.25, -0.2) is 4.79 Å². The standard InChI is InChI=1S/C20H31N3O4/c1-5-15(2)19(20(25)27-4)21-18(24)14-22-10-12-23(13-11-22)16-6-8-17(26-3)9-7-16/h6-9,15,19H,5,10-14H2,1-4H3,(H,21,24)/t15-,19+/m0/s1. The Kier molecular flexibility index (Phi) is 7.91. The Morgan fingerprint density at radius 1 is 1.11 bits per heavy atom. The number of methoxy groups -OCH3 is 2. The lowest BCUT2D eigenvalue weighted by Gasteiger charge is -2.36. The molecule has 0 saturated carbocycles. The number of nitrogens with one attached hydrogen (secondary N) is 1. The molecule has 0 unspecified atom stereocenters. The van der Waals surface area contributed by atoms with E-state index in [1.54, 1.807) is 7.11 Å². The van der Waals surface area contributed by atoms with Crippen molar-refractivity contribution in [1.82, 2.24) is 10.2 Å². The summed E-state index contributed by atoms with van der Waals surface area (Å²) in [6.45, 7) is 7.52. The van der Waals surface area contributed by atoms with Crippen LogP contribution in [0.25, 0.3) is 0 Å². The highest BCUT2D eigenvalue weighted by Crippen LogP contribution is 2.20. The summed E-state index contributed by atoms with van der Waals surface area (Å²) in [6.07, 6.45) is 0.792. The maximum Gasteiger partial charge on any atom is 0.328 e. The van der Waals surface area contributed by atoms with E-state index in [1.165, 1.54) is 7.11 Å². The van der Waals surface area contributed by atoms with Gasteiger partial charge in [0.25, 0.3) is 0 Å². The van der Waals surface area contributed by atoms with Gasteiger partial charge in [0.05, 0.1) is 20.8 Å². The van der Waals surface area contributed by atoms with Crippen LogP contribution in [0.2, 0.25) is 0 Å². The van der Waals surface area contributed by atoms with Gasteiger partial charge in [0.15, 0.2) is 0 Å². The van der Waals surface area contributed by atoms with Crippen molar-refractivity contribution in [2.75, 3.05) is 51.8 Å². The van der Waals surface area contributed by atoms with Crippen LogP contribution in [-0.2, 0) is 14.3 Å². The zero-order valence-electron chi connectivity index (χ0n) is 16.7. The molecule has 1 aliphatic heterocycles.